The van der Waals surface area contributed by atoms with Crippen molar-refractivity contribution >= 4 is 0 Å². The zero-order valence-corrected chi connectivity index (χ0v) is 13.4. The first kappa shape index (κ1) is 16.1. The van der Waals surface area contributed by atoms with Crippen LogP contribution in [-0.4, -0.2) is 47.9 Å². The van der Waals surface area contributed by atoms with Crippen molar-refractivity contribution in [3.05, 3.63) is 53.1 Å². The minimum Gasteiger partial charge on any atom is -0.379 e. The van der Waals surface area contributed by atoms with Gasteiger partial charge in [-0.15, -0.1) is 0 Å². The van der Waals surface area contributed by atoms with Crippen LogP contribution >= 0.6 is 0 Å². The smallest absolute Gasteiger partial charge is 0.123 e. The Balaban J connectivity index is 1.68. The molecule has 1 saturated heterocycles. The molecule has 0 aliphatic carbocycles. The monoisotopic (exact) mass is 318 g/mol. The number of ether oxygens (including phenoxy) is 1. The lowest BCUT2D eigenvalue weighted by Gasteiger charge is -2.35. The summed E-state index contributed by atoms with van der Waals surface area (Å²) in [5.41, 5.74) is 3.24. The van der Waals surface area contributed by atoms with Crippen LogP contribution in [0.2, 0.25) is 0 Å². The molecule has 2 aromatic rings. The summed E-state index contributed by atoms with van der Waals surface area (Å²) in [6.45, 7) is 6.71. The highest BCUT2D eigenvalue weighted by Crippen LogP contribution is 2.22. The van der Waals surface area contributed by atoms with Gasteiger partial charge < -0.3 is 10.1 Å². The normalized spacial score (nSPS) is 17.3. The molecular formula is C17H23FN4O. The predicted octanol–water partition coefficient (Wildman–Crippen LogP) is 2.02. The molecule has 0 spiro atoms. The van der Waals surface area contributed by atoms with E-state index in [2.05, 4.69) is 20.4 Å². The zero-order valence-electron chi connectivity index (χ0n) is 13.4. The van der Waals surface area contributed by atoms with E-state index >= 15 is 0 Å². The van der Waals surface area contributed by atoms with Crippen molar-refractivity contribution in [2.45, 2.75) is 19.5 Å². The van der Waals surface area contributed by atoms with E-state index in [1.165, 1.54) is 6.07 Å². The minimum atomic E-state index is -0.188. The highest BCUT2D eigenvalue weighted by Gasteiger charge is 2.22. The highest BCUT2D eigenvalue weighted by atomic mass is 19.1. The molecule has 0 unspecified atom stereocenters. The lowest BCUT2D eigenvalue weighted by molar-refractivity contribution is 0.0160. The maximum absolute atomic E-state index is 13.6. The molecule has 0 saturated carbocycles. The second kappa shape index (κ2) is 7.68. The molecule has 1 aromatic carbocycles. The molecular weight excluding hydrogens is 295 g/mol. The lowest BCUT2D eigenvalue weighted by atomic mass is 10.0. The Hall–Kier alpha value is -1.76. The summed E-state index contributed by atoms with van der Waals surface area (Å²) in [5, 5.41) is 10.5. The number of rotatable bonds is 6. The third-order valence-corrected chi connectivity index (χ3v) is 4.31. The molecule has 1 aromatic heterocycles. The number of nitrogens with one attached hydrogen (secondary N) is 2. The van der Waals surface area contributed by atoms with E-state index in [-0.39, 0.29) is 11.9 Å². The van der Waals surface area contributed by atoms with Gasteiger partial charge in [0.2, 0.25) is 0 Å². The van der Waals surface area contributed by atoms with Crippen LogP contribution in [0.15, 0.2) is 30.5 Å². The Labute approximate surface area is 135 Å². The van der Waals surface area contributed by atoms with E-state index in [0.717, 1.165) is 56.2 Å². The third kappa shape index (κ3) is 4.16. The highest BCUT2D eigenvalue weighted by molar-refractivity contribution is 5.21. The second-order valence-corrected chi connectivity index (χ2v) is 5.87. The summed E-state index contributed by atoms with van der Waals surface area (Å²) in [7, 11) is 0. The van der Waals surface area contributed by atoms with E-state index in [1.807, 2.05) is 19.2 Å². The molecule has 0 bridgehead atoms. The minimum absolute atomic E-state index is 0.141. The molecule has 1 fully saturated rings. The van der Waals surface area contributed by atoms with Gasteiger partial charge in [-0.1, -0.05) is 12.1 Å². The first-order chi connectivity index (χ1) is 11.2. The first-order valence-electron chi connectivity index (χ1n) is 8.01. The molecule has 2 heterocycles. The average Bonchev–Trinajstić information content (AvgIpc) is 2.97. The van der Waals surface area contributed by atoms with Crippen LogP contribution in [-0.2, 0) is 11.3 Å². The Kier molecular flexibility index (Phi) is 5.38. The lowest BCUT2D eigenvalue weighted by Crippen LogP contribution is -2.42. The van der Waals surface area contributed by atoms with Crippen molar-refractivity contribution in [2.24, 2.45) is 0 Å². The maximum Gasteiger partial charge on any atom is 0.123 e. The molecule has 2 N–H and O–H groups in total. The first-order valence-corrected chi connectivity index (χ1v) is 8.01. The number of nitrogens with zero attached hydrogens (tertiary/aromatic N) is 2. The molecule has 0 amide bonds. The zero-order chi connectivity index (χ0) is 16.1. The van der Waals surface area contributed by atoms with Crippen molar-refractivity contribution in [1.82, 2.24) is 20.4 Å². The Bertz CT molecular complexity index is 625. The van der Waals surface area contributed by atoms with Crippen LogP contribution in [0, 0.1) is 12.7 Å². The van der Waals surface area contributed by atoms with Gasteiger partial charge in [0.1, 0.15) is 5.82 Å². The summed E-state index contributed by atoms with van der Waals surface area (Å²) in [5.74, 6) is -0.188. The van der Waals surface area contributed by atoms with Gasteiger partial charge in [-0.25, -0.2) is 4.39 Å². The Morgan fingerprint density at radius 2 is 2.22 bits per heavy atom. The van der Waals surface area contributed by atoms with E-state index in [0.29, 0.717) is 0 Å². The molecule has 1 aliphatic heterocycles. The van der Waals surface area contributed by atoms with Crippen LogP contribution < -0.4 is 5.32 Å². The molecule has 1 atom stereocenters. The van der Waals surface area contributed by atoms with Crippen molar-refractivity contribution in [3.63, 3.8) is 0 Å². The summed E-state index contributed by atoms with van der Waals surface area (Å²) in [6, 6.07) is 7.03. The third-order valence-electron chi connectivity index (χ3n) is 4.31. The van der Waals surface area contributed by atoms with E-state index in [9.17, 15) is 4.39 Å². The fourth-order valence-corrected chi connectivity index (χ4v) is 2.96. The quantitative estimate of drug-likeness (QED) is 0.856. The van der Waals surface area contributed by atoms with Crippen molar-refractivity contribution < 1.29 is 9.13 Å². The number of H-pyrrole nitrogens is 1. The summed E-state index contributed by atoms with van der Waals surface area (Å²) < 4.78 is 19.1. The van der Waals surface area contributed by atoms with Gasteiger partial charge in [-0.05, 0) is 24.6 Å². The van der Waals surface area contributed by atoms with Gasteiger partial charge in [0, 0.05) is 43.5 Å². The molecule has 3 rings (SSSR count). The van der Waals surface area contributed by atoms with Gasteiger partial charge in [-0.3, -0.25) is 10.00 Å². The van der Waals surface area contributed by atoms with Crippen molar-refractivity contribution in [3.8, 4) is 0 Å². The van der Waals surface area contributed by atoms with E-state index < -0.39 is 0 Å². The molecule has 23 heavy (non-hydrogen) atoms. The Morgan fingerprint density at radius 1 is 1.39 bits per heavy atom. The fraction of sp³-hybridized carbons (Fsp3) is 0.471. The number of aromatic amines is 1. The maximum atomic E-state index is 13.6. The summed E-state index contributed by atoms with van der Waals surface area (Å²) in [4.78, 5) is 2.35. The van der Waals surface area contributed by atoms with Gasteiger partial charge >= 0.3 is 0 Å². The van der Waals surface area contributed by atoms with E-state index in [1.54, 1.807) is 12.1 Å². The van der Waals surface area contributed by atoms with Crippen molar-refractivity contribution in [1.29, 1.82) is 0 Å². The SMILES string of the molecule is Cc1[nH]ncc1CNC[C@H](c1cccc(F)c1)N1CCOCC1. The van der Waals surface area contributed by atoms with Gasteiger partial charge in [-0.2, -0.15) is 5.10 Å². The van der Waals surface area contributed by atoms with Gasteiger partial charge in [0.05, 0.1) is 19.4 Å². The number of halogens is 1. The Morgan fingerprint density at radius 3 is 2.91 bits per heavy atom. The predicted molar refractivity (Wildman–Crippen MR) is 86.6 cm³/mol. The number of aromatic nitrogens is 2. The molecule has 0 radical (unpaired) electrons. The number of hydrogen-bond donors (Lipinski definition) is 2. The molecule has 1 aliphatic rings. The number of morpholine rings is 1. The van der Waals surface area contributed by atoms with Gasteiger partial charge in [0.15, 0.2) is 0 Å². The van der Waals surface area contributed by atoms with Crippen LogP contribution in [0.3, 0.4) is 0 Å². The number of aryl methyl sites for hydroxylation is 1. The molecule has 5 nitrogen and oxygen atoms in total. The summed E-state index contributed by atoms with van der Waals surface area (Å²) >= 11 is 0. The van der Waals surface area contributed by atoms with Gasteiger partial charge in [0.25, 0.3) is 0 Å². The van der Waals surface area contributed by atoms with Crippen LogP contribution in [0.1, 0.15) is 22.9 Å². The number of benzene rings is 1. The topological polar surface area (TPSA) is 53.2 Å². The van der Waals surface area contributed by atoms with Crippen LogP contribution in [0.5, 0.6) is 0 Å². The fourth-order valence-electron chi connectivity index (χ4n) is 2.96. The van der Waals surface area contributed by atoms with Crippen LogP contribution in [0.4, 0.5) is 4.39 Å². The second-order valence-electron chi connectivity index (χ2n) is 5.87. The largest absolute Gasteiger partial charge is 0.379 e. The molecule has 6 heteroatoms. The summed E-state index contributed by atoms with van der Waals surface area (Å²) in [6.07, 6.45) is 1.84. The standard InChI is InChI=1S/C17H23FN4O/c1-13-15(11-20-21-13)10-19-12-17(22-5-7-23-8-6-22)14-3-2-4-16(18)9-14/h2-4,9,11,17,19H,5-8,10,12H2,1H3,(H,20,21)/t17-/m1/s1. The molecule has 124 valence electrons. The van der Waals surface area contributed by atoms with Crippen molar-refractivity contribution in [2.75, 3.05) is 32.8 Å². The average molecular weight is 318 g/mol. The van der Waals surface area contributed by atoms with Crippen LogP contribution in [0.25, 0.3) is 0 Å². The van der Waals surface area contributed by atoms with E-state index in [4.69, 9.17) is 4.74 Å². The number of hydrogen-bond acceptors (Lipinski definition) is 4.